The molecule has 0 radical (unpaired) electrons. The molecule has 6 N–H and O–H groups in total. The summed E-state index contributed by atoms with van der Waals surface area (Å²) < 4.78 is 28.7. The lowest BCUT2D eigenvalue weighted by Gasteiger charge is -2.14. The molecule has 1 amide bonds. The number of benzene rings is 3. The van der Waals surface area contributed by atoms with E-state index in [0.717, 1.165) is 0 Å². The molecule has 0 spiro atoms. The molecular weight excluding hydrogens is 402 g/mol. The van der Waals surface area contributed by atoms with Crippen LogP contribution < -0.4 is 21.3 Å². The molecule has 3 aromatic carbocycles. The Morgan fingerprint density at radius 1 is 0.929 bits per heavy atom. The lowest BCUT2D eigenvalue weighted by molar-refractivity contribution is 0.100. The van der Waals surface area contributed by atoms with Crippen molar-refractivity contribution < 1.29 is 17.9 Å². The molecule has 28 heavy (non-hydrogen) atoms. The van der Waals surface area contributed by atoms with Crippen LogP contribution >= 0.6 is 11.6 Å². The highest BCUT2D eigenvalue weighted by atomic mass is 35.5. The second-order valence-corrected chi connectivity index (χ2v) is 7.92. The minimum atomic E-state index is -3.83. The summed E-state index contributed by atoms with van der Waals surface area (Å²) in [6.07, 6.45) is 0. The van der Waals surface area contributed by atoms with Crippen molar-refractivity contribution in [2.75, 3.05) is 5.73 Å². The Balaban J connectivity index is 2.08. The number of ether oxygens (including phenoxy) is 1. The van der Waals surface area contributed by atoms with E-state index in [-0.39, 0.29) is 16.1 Å². The molecule has 0 bridgehead atoms. The fourth-order valence-electron chi connectivity index (χ4n) is 2.59. The minimum absolute atomic E-state index is 0.0430. The van der Waals surface area contributed by atoms with E-state index >= 15 is 0 Å². The molecule has 7 nitrogen and oxygen atoms in total. The number of nitrogens with two attached hydrogens (primary N) is 3. The van der Waals surface area contributed by atoms with Gasteiger partial charge in [-0.15, -0.1) is 0 Å². The highest BCUT2D eigenvalue weighted by molar-refractivity contribution is 7.89. The first kappa shape index (κ1) is 19.7. The maximum Gasteiger partial charge on any atom is 0.250 e. The van der Waals surface area contributed by atoms with E-state index in [4.69, 9.17) is 32.9 Å². The Morgan fingerprint density at radius 2 is 1.54 bits per heavy atom. The first-order chi connectivity index (χ1) is 13.1. The van der Waals surface area contributed by atoms with E-state index in [1.165, 1.54) is 30.3 Å². The Labute approximate surface area is 166 Å². The summed E-state index contributed by atoms with van der Waals surface area (Å²) in [5.74, 6) is 0.109. The van der Waals surface area contributed by atoms with Crippen molar-refractivity contribution in [3.8, 4) is 22.6 Å². The van der Waals surface area contributed by atoms with E-state index in [1.807, 2.05) is 0 Å². The van der Waals surface area contributed by atoms with Crippen LogP contribution in [0, 0.1) is 0 Å². The maximum atomic E-state index is 11.8. The number of primary amides is 1. The molecule has 3 aromatic rings. The van der Waals surface area contributed by atoms with Gasteiger partial charge in [-0.25, -0.2) is 13.6 Å². The van der Waals surface area contributed by atoms with Crippen LogP contribution in [0.4, 0.5) is 5.69 Å². The average Bonchev–Trinajstić information content (AvgIpc) is 2.64. The number of anilines is 1. The monoisotopic (exact) mass is 417 g/mol. The highest BCUT2D eigenvalue weighted by Crippen LogP contribution is 2.35. The fourth-order valence-corrected chi connectivity index (χ4v) is 3.23. The Kier molecular flexibility index (Phi) is 5.28. The van der Waals surface area contributed by atoms with Crippen LogP contribution in [0.1, 0.15) is 10.4 Å². The van der Waals surface area contributed by atoms with Crippen LogP contribution in [0.25, 0.3) is 11.1 Å². The summed E-state index contributed by atoms with van der Waals surface area (Å²) in [5, 5.41) is 5.67. The van der Waals surface area contributed by atoms with Gasteiger partial charge in [-0.3, -0.25) is 4.79 Å². The summed E-state index contributed by atoms with van der Waals surface area (Å²) in [4.78, 5) is 11.8. The fraction of sp³-hybridized carbons (Fsp3) is 0. The van der Waals surface area contributed by atoms with Crippen molar-refractivity contribution in [2.24, 2.45) is 10.9 Å². The largest absolute Gasteiger partial charge is 0.457 e. The number of rotatable bonds is 5. The molecule has 0 aliphatic rings. The summed E-state index contributed by atoms with van der Waals surface area (Å²) in [6.45, 7) is 0. The molecule has 0 atom stereocenters. The number of sulfonamides is 1. The zero-order valence-corrected chi connectivity index (χ0v) is 16.0. The van der Waals surface area contributed by atoms with Gasteiger partial charge >= 0.3 is 0 Å². The molecule has 0 aliphatic heterocycles. The topological polar surface area (TPSA) is 138 Å². The number of hydrogen-bond donors (Lipinski definition) is 3. The predicted molar refractivity (Wildman–Crippen MR) is 108 cm³/mol. The molecule has 0 heterocycles. The van der Waals surface area contributed by atoms with Gasteiger partial charge in [0.25, 0.3) is 5.91 Å². The summed E-state index contributed by atoms with van der Waals surface area (Å²) >= 11 is 5.87. The predicted octanol–water partition coefficient (Wildman–Crippen LogP) is 3.13. The lowest BCUT2D eigenvalue weighted by Crippen LogP contribution is -2.14. The van der Waals surface area contributed by atoms with Gasteiger partial charge in [-0.2, -0.15) is 0 Å². The third kappa shape index (κ3) is 4.25. The summed E-state index contributed by atoms with van der Waals surface area (Å²) in [6, 6.07) is 15.5. The van der Waals surface area contributed by atoms with E-state index in [1.54, 1.807) is 30.3 Å². The van der Waals surface area contributed by atoms with E-state index in [2.05, 4.69) is 0 Å². The van der Waals surface area contributed by atoms with Crippen LogP contribution in [0.2, 0.25) is 5.02 Å². The minimum Gasteiger partial charge on any atom is -0.457 e. The summed E-state index contributed by atoms with van der Waals surface area (Å²) in [5.41, 5.74) is 12.8. The third-order valence-corrected chi connectivity index (χ3v) is 5.14. The normalized spacial score (nSPS) is 11.2. The molecule has 144 valence electrons. The quantitative estimate of drug-likeness (QED) is 0.547. The van der Waals surface area contributed by atoms with Gasteiger partial charge in [0.15, 0.2) is 0 Å². The van der Waals surface area contributed by atoms with Crippen molar-refractivity contribution in [1.82, 2.24) is 0 Å². The molecule has 9 heteroatoms. The lowest BCUT2D eigenvalue weighted by atomic mass is 9.99. The molecule has 3 rings (SSSR count). The Morgan fingerprint density at radius 3 is 2.07 bits per heavy atom. The zero-order valence-electron chi connectivity index (χ0n) is 14.4. The number of primary sulfonamides is 1. The third-order valence-electron chi connectivity index (χ3n) is 3.96. The van der Waals surface area contributed by atoms with Crippen LogP contribution in [-0.4, -0.2) is 14.3 Å². The van der Waals surface area contributed by atoms with Crippen molar-refractivity contribution in [1.29, 1.82) is 0 Å². The van der Waals surface area contributed by atoms with Crippen molar-refractivity contribution in [2.45, 2.75) is 4.90 Å². The molecule has 0 saturated carbocycles. The van der Waals surface area contributed by atoms with E-state index in [9.17, 15) is 13.2 Å². The molecular formula is C19H16ClN3O4S. The van der Waals surface area contributed by atoms with Crippen molar-refractivity contribution >= 4 is 33.2 Å². The van der Waals surface area contributed by atoms with Gasteiger partial charge in [-0.1, -0.05) is 23.7 Å². The van der Waals surface area contributed by atoms with Gasteiger partial charge < -0.3 is 16.2 Å². The molecule has 0 aromatic heterocycles. The van der Waals surface area contributed by atoms with Crippen molar-refractivity contribution in [3.63, 3.8) is 0 Å². The number of hydrogen-bond acceptors (Lipinski definition) is 5. The first-order valence-corrected chi connectivity index (χ1v) is 9.87. The van der Waals surface area contributed by atoms with E-state index in [0.29, 0.717) is 27.6 Å². The van der Waals surface area contributed by atoms with E-state index < -0.39 is 15.9 Å². The van der Waals surface area contributed by atoms with Crippen LogP contribution in [0.15, 0.2) is 65.6 Å². The standard InChI is InChI=1S/C19H16ClN3O4S/c20-12-3-5-13(6-4-12)27-14-9-16(18(21)17(10-14)19(22)24)11-1-7-15(8-2-11)28(23,25)26/h1-10H,21H2,(H2,22,24)(H2,23,25,26). The number of nitrogen functional groups attached to an aromatic ring is 1. The first-order valence-electron chi connectivity index (χ1n) is 7.95. The van der Waals surface area contributed by atoms with Gasteiger partial charge in [0, 0.05) is 10.6 Å². The molecule has 0 fully saturated rings. The van der Waals surface area contributed by atoms with Crippen LogP contribution in [0.5, 0.6) is 11.5 Å². The highest BCUT2D eigenvalue weighted by Gasteiger charge is 2.16. The smallest absolute Gasteiger partial charge is 0.250 e. The van der Waals surface area contributed by atoms with Gasteiger partial charge in [-0.05, 0) is 54.1 Å². The van der Waals surface area contributed by atoms with Gasteiger partial charge in [0.1, 0.15) is 11.5 Å². The Bertz CT molecular complexity index is 1150. The zero-order chi connectivity index (χ0) is 20.5. The SMILES string of the molecule is NC(=O)c1cc(Oc2ccc(Cl)cc2)cc(-c2ccc(S(N)(=O)=O)cc2)c1N. The number of carbonyl (C=O) groups excluding carboxylic acids is 1. The summed E-state index contributed by atoms with van der Waals surface area (Å²) in [7, 11) is -3.83. The molecule has 0 saturated heterocycles. The Hall–Kier alpha value is -3.07. The van der Waals surface area contributed by atoms with Crippen LogP contribution in [0.3, 0.4) is 0 Å². The maximum absolute atomic E-state index is 11.8. The molecule has 0 aliphatic carbocycles. The second kappa shape index (κ2) is 7.51. The average molecular weight is 418 g/mol. The molecule has 0 unspecified atom stereocenters. The van der Waals surface area contributed by atoms with Gasteiger partial charge in [0.05, 0.1) is 16.1 Å². The number of carbonyl (C=O) groups is 1. The van der Waals surface area contributed by atoms with Gasteiger partial charge in [0.2, 0.25) is 10.0 Å². The number of halogens is 1. The van der Waals surface area contributed by atoms with Crippen LogP contribution in [-0.2, 0) is 10.0 Å². The van der Waals surface area contributed by atoms with Crippen molar-refractivity contribution in [3.05, 3.63) is 71.2 Å². The second-order valence-electron chi connectivity index (χ2n) is 5.92. The number of amides is 1.